The van der Waals surface area contributed by atoms with Gasteiger partial charge in [0.2, 0.25) is 17.7 Å². The van der Waals surface area contributed by atoms with Gasteiger partial charge in [-0.3, -0.25) is 19.3 Å². The zero-order valence-electron chi connectivity index (χ0n) is 22.8. The summed E-state index contributed by atoms with van der Waals surface area (Å²) in [6, 6.07) is 6.21. The van der Waals surface area contributed by atoms with Gasteiger partial charge in [-0.25, -0.2) is 0 Å². The summed E-state index contributed by atoms with van der Waals surface area (Å²) in [4.78, 5) is 45.0. The molecule has 1 spiro atoms. The molecule has 1 aromatic rings. The van der Waals surface area contributed by atoms with Crippen LogP contribution in [0.3, 0.4) is 0 Å². The number of carbonyl (C=O) groups is 3. The van der Waals surface area contributed by atoms with Crippen LogP contribution < -0.4 is 15.4 Å². The van der Waals surface area contributed by atoms with Gasteiger partial charge < -0.3 is 34.9 Å². The highest BCUT2D eigenvalue weighted by Crippen LogP contribution is 2.64. The predicted molar refractivity (Wildman–Crippen MR) is 142 cm³/mol. The van der Waals surface area contributed by atoms with Gasteiger partial charge in [-0.1, -0.05) is 6.92 Å². The fourth-order valence-electron chi connectivity index (χ4n) is 7.04. The maximum Gasteiger partial charge on any atom is 0.245 e. The van der Waals surface area contributed by atoms with Crippen LogP contribution in [-0.4, -0.2) is 109 Å². The molecule has 0 radical (unpaired) electrons. The molecule has 4 aliphatic rings. The van der Waals surface area contributed by atoms with Crippen molar-refractivity contribution in [1.29, 1.82) is 0 Å². The van der Waals surface area contributed by atoms with Crippen molar-refractivity contribution in [2.24, 2.45) is 11.8 Å². The normalized spacial score (nSPS) is 31.8. The summed E-state index contributed by atoms with van der Waals surface area (Å²) in [5, 5.41) is 15.8. The molecule has 11 heteroatoms. The molecule has 5 atom stereocenters. The van der Waals surface area contributed by atoms with Crippen molar-refractivity contribution >= 4 is 23.4 Å². The van der Waals surface area contributed by atoms with Gasteiger partial charge in [0.15, 0.2) is 0 Å². The van der Waals surface area contributed by atoms with Gasteiger partial charge >= 0.3 is 0 Å². The minimum atomic E-state index is -1.11. The summed E-state index contributed by atoms with van der Waals surface area (Å²) in [5.74, 6) is -1.74. The summed E-state index contributed by atoms with van der Waals surface area (Å²) < 4.78 is 17.6. The standard InChI is InChI=1S/C28H40N4O7/c1-3-27-9-10-28(39-27)22(21(27)24(34)30-19-5-7-20(8-6-19)38-4-2)26(36)32(13-16-33)23(28)25(35)29-11-12-31-14-17-37-18-15-31/h5-8,21-23,33H,3-4,9-18H2,1-2H3,(H,29,35)(H,30,34)/t21-,22-,23?,27+,28?/m0/s1. The molecule has 2 unspecified atom stereocenters. The third-order valence-electron chi connectivity index (χ3n) is 8.82. The van der Waals surface area contributed by atoms with Gasteiger partial charge in [0, 0.05) is 38.4 Å². The van der Waals surface area contributed by atoms with E-state index in [9.17, 15) is 19.5 Å². The van der Waals surface area contributed by atoms with Crippen LogP contribution in [0.4, 0.5) is 5.69 Å². The fraction of sp³-hybridized carbons (Fsp3) is 0.679. The molecule has 39 heavy (non-hydrogen) atoms. The monoisotopic (exact) mass is 544 g/mol. The van der Waals surface area contributed by atoms with E-state index in [1.165, 1.54) is 4.90 Å². The molecule has 4 saturated heterocycles. The third-order valence-corrected chi connectivity index (χ3v) is 8.82. The van der Waals surface area contributed by atoms with Crippen LogP contribution in [0.25, 0.3) is 0 Å². The molecule has 4 aliphatic heterocycles. The van der Waals surface area contributed by atoms with E-state index >= 15 is 0 Å². The average molecular weight is 545 g/mol. The molecule has 3 amide bonds. The smallest absolute Gasteiger partial charge is 0.245 e. The molecule has 4 fully saturated rings. The lowest BCUT2D eigenvalue weighted by Crippen LogP contribution is -2.56. The number of fused-ring (bicyclic) bond motifs is 1. The van der Waals surface area contributed by atoms with Gasteiger partial charge in [0.05, 0.1) is 43.9 Å². The number of ether oxygens (including phenoxy) is 3. The van der Waals surface area contributed by atoms with Crippen LogP contribution in [0.2, 0.25) is 0 Å². The lowest BCUT2D eigenvalue weighted by molar-refractivity contribution is -0.146. The number of aliphatic hydroxyl groups is 1. The minimum absolute atomic E-state index is 0.00828. The molecule has 0 aromatic heterocycles. The Kier molecular flexibility index (Phi) is 8.14. The van der Waals surface area contributed by atoms with Crippen LogP contribution in [0, 0.1) is 11.8 Å². The zero-order valence-corrected chi connectivity index (χ0v) is 22.8. The van der Waals surface area contributed by atoms with Crippen molar-refractivity contribution in [3.8, 4) is 5.75 Å². The third kappa shape index (κ3) is 4.90. The quantitative estimate of drug-likeness (QED) is 0.370. The number of carbonyl (C=O) groups excluding carboxylic acids is 3. The van der Waals surface area contributed by atoms with Gasteiger partial charge in [0.1, 0.15) is 17.4 Å². The lowest BCUT2D eigenvalue weighted by atomic mass is 9.65. The Bertz CT molecular complexity index is 1060. The van der Waals surface area contributed by atoms with Crippen molar-refractivity contribution < 1.29 is 33.7 Å². The number of nitrogens with one attached hydrogen (secondary N) is 2. The molecule has 3 N–H and O–H groups in total. The first-order valence-electron chi connectivity index (χ1n) is 14.1. The molecule has 2 bridgehead atoms. The van der Waals surface area contributed by atoms with Gasteiger partial charge in [0.25, 0.3) is 0 Å². The maximum atomic E-state index is 13.9. The van der Waals surface area contributed by atoms with E-state index < -0.39 is 29.1 Å². The van der Waals surface area contributed by atoms with Gasteiger partial charge in [-0.2, -0.15) is 0 Å². The van der Waals surface area contributed by atoms with E-state index in [0.717, 1.165) is 13.1 Å². The Balaban J connectivity index is 1.37. The number of hydrogen-bond acceptors (Lipinski definition) is 8. The van der Waals surface area contributed by atoms with E-state index in [-0.39, 0.29) is 30.9 Å². The molecule has 11 nitrogen and oxygen atoms in total. The van der Waals surface area contributed by atoms with Crippen LogP contribution in [-0.2, 0) is 23.9 Å². The molecule has 0 aliphatic carbocycles. The second-order valence-electron chi connectivity index (χ2n) is 10.8. The van der Waals surface area contributed by atoms with E-state index in [0.29, 0.717) is 63.6 Å². The molecular formula is C28H40N4O7. The highest BCUT2D eigenvalue weighted by molar-refractivity contribution is 6.02. The topological polar surface area (TPSA) is 130 Å². The molecule has 0 saturated carbocycles. The highest BCUT2D eigenvalue weighted by Gasteiger charge is 2.78. The van der Waals surface area contributed by atoms with Crippen LogP contribution in [0.1, 0.15) is 33.1 Å². The summed E-state index contributed by atoms with van der Waals surface area (Å²) in [7, 11) is 0. The van der Waals surface area contributed by atoms with E-state index in [1.54, 1.807) is 24.3 Å². The van der Waals surface area contributed by atoms with Crippen LogP contribution in [0.15, 0.2) is 24.3 Å². The Hall–Kier alpha value is -2.73. The predicted octanol–water partition coefficient (Wildman–Crippen LogP) is 0.619. The maximum absolute atomic E-state index is 13.9. The fourth-order valence-corrected chi connectivity index (χ4v) is 7.04. The molecule has 5 rings (SSSR count). The first kappa shape index (κ1) is 27.8. The number of rotatable bonds is 11. The van der Waals surface area contributed by atoms with E-state index in [4.69, 9.17) is 14.2 Å². The van der Waals surface area contributed by atoms with Crippen molar-refractivity contribution in [3.05, 3.63) is 24.3 Å². The van der Waals surface area contributed by atoms with Crippen molar-refractivity contribution in [3.63, 3.8) is 0 Å². The summed E-state index contributed by atoms with van der Waals surface area (Å²) in [5.41, 5.74) is -1.33. The molecule has 4 heterocycles. The van der Waals surface area contributed by atoms with Gasteiger partial charge in [-0.05, 0) is 50.5 Å². The Labute approximate surface area is 229 Å². The molecule has 1 aromatic carbocycles. The second-order valence-corrected chi connectivity index (χ2v) is 10.8. The van der Waals surface area contributed by atoms with E-state index in [2.05, 4.69) is 15.5 Å². The molecule has 214 valence electrons. The number of aliphatic hydroxyl groups excluding tert-OH is 1. The van der Waals surface area contributed by atoms with E-state index in [1.807, 2.05) is 13.8 Å². The number of likely N-dealkylation sites (tertiary alicyclic amines) is 1. The number of β-amino-alcohol motifs (C(OH)–C–C–N with tert-alkyl or cyclic N) is 1. The van der Waals surface area contributed by atoms with Crippen LogP contribution >= 0.6 is 0 Å². The first-order chi connectivity index (χ1) is 18.9. The SMILES string of the molecule is CCOc1ccc(NC(=O)[C@@H]2[C@H]3C(=O)N(CCO)C(C(=O)NCCN4CCOCC4)C34CC[C@@]2(CC)O4)cc1. The lowest BCUT2D eigenvalue weighted by Gasteiger charge is -2.34. The Morgan fingerprint density at radius 3 is 2.51 bits per heavy atom. The number of nitrogens with zero attached hydrogens (tertiary/aromatic N) is 2. The number of anilines is 1. The number of amides is 3. The average Bonchev–Trinajstić information content (AvgIpc) is 3.54. The highest BCUT2D eigenvalue weighted by atomic mass is 16.5. The Morgan fingerprint density at radius 1 is 1.10 bits per heavy atom. The summed E-state index contributed by atoms with van der Waals surface area (Å²) in [6.45, 7) is 8.22. The summed E-state index contributed by atoms with van der Waals surface area (Å²) >= 11 is 0. The number of hydrogen-bond donors (Lipinski definition) is 3. The number of morpholine rings is 1. The largest absolute Gasteiger partial charge is 0.494 e. The molecular weight excluding hydrogens is 504 g/mol. The number of benzene rings is 1. The van der Waals surface area contributed by atoms with Crippen molar-refractivity contribution in [2.75, 3.05) is 64.5 Å². The van der Waals surface area contributed by atoms with Crippen molar-refractivity contribution in [2.45, 2.75) is 50.4 Å². The van der Waals surface area contributed by atoms with Crippen molar-refractivity contribution in [1.82, 2.24) is 15.1 Å². The van der Waals surface area contributed by atoms with Crippen LogP contribution in [0.5, 0.6) is 5.75 Å². The zero-order chi connectivity index (χ0) is 27.6. The summed E-state index contributed by atoms with van der Waals surface area (Å²) in [6.07, 6.45) is 1.64. The first-order valence-corrected chi connectivity index (χ1v) is 14.1. The Morgan fingerprint density at radius 2 is 1.85 bits per heavy atom. The minimum Gasteiger partial charge on any atom is -0.494 e. The van der Waals surface area contributed by atoms with Gasteiger partial charge in [-0.15, -0.1) is 0 Å². The second kappa shape index (κ2) is 11.4.